The number of aryl methyl sites for hydroxylation is 1. The number of aromatic nitrogens is 2. The molecule has 1 amide bonds. The number of benzene rings is 2. The Morgan fingerprint density at radius 2 is 1.77 bits per heavy atom. The van der Waals surface area contributed by atoms with Gasteiger partial charge >= 0.3 is 6.09 Å². The summed E-state index contributed by atoms with van der Waals surface area (Å²) < 4.78 is 8.55. The number of carbonyl (C=O) groups is 1. The minimum atomic E-state index is -0.803. The van der Waals surface area contributed by atoms with Crippen LogP contribution in [0.2, 0.25) is 0 Å². The van der Waals surface area contributed by atoms with Crippen LogP contribution < -0.4 is 4.74 Å². The number of nitrogens with zero attached hydrogens (tertiary/aromatic N) is 4. The fourth-order valence-electron chi connectivity index (χ4n) is 7.77. The summed E-state index contributed by atoms with van der Waals surface area (Å²) in [7, 11) is 0. The molecule has 6 rings (SSSR count). The molecule has 39 heavy (non-hydrogen) atoms. The Balaban J connectivity index is 1.21. The summed E-state index contributed by atoms with van der Waals surface area (Å²) in [6, 6.07) is 18.8. The topological polar surface area (TPSA) is 70.8 Å². The van der Waals surface area contributed by atoms with E-state index in [2.05, 4.69) is 72.7 Å². The first-order valence-corrected chi connectivity index (χ1v) is 14.8. The maximum atomic E-state index is 11.7. The van der Waals surface area contributed by atoms with Crippen molar-refractivity contribution in [1.29, 1.82) is 0 Å². The van der Waals surface area contributed by atoms with Gasteiger partial charge in [0.15, 0.2) is 0 Å². The Morgan fingerprint density at radius 3 is 2.46 bits per heavy atom. The van der Waals surface area contributed by atoms with Gasteiger partial charge in [0.1, 0.15) is 11.6 Å². The first kappa shape index (κ1) is 26.2. The average molecular weight is 531 g/mol. The van der Waals surface area contributed by atoms with E-state index in [4.69, 9.17) is 9.72 Å². The Hall–Kier alpha value is -3.06. The van der Waals surface area contributed by atoms with Crippen LogP contribution in [0.4, 0.5) is 4.79 Å². The van der Waals surface area contributed by atoms with Crippen molar-refractivity contribution in [3.63, 3.8) is 0 Å². The van der Waals surface area contributed by atoms with E-state index in [1.165, 1.54) is 36.8 Å². The summed E-state index contributed by atoms with van der Waals surface area (Å²) >= 11 is 0. The lowest BCUT2D eigenvalue weighted by molar-refractivity contribution is 0.0799. The summed E-state index contributed by atoms with van der Waals surface area (Å²) in [4.78, 5) is 20.9. The molecule has 2 atom stereocenters. The van der Waals surface area contributed by atoms with E-state index in [1.807, 2.05) is 6.07 Å². The van der Waals surface area contributed by atoms with Crippen LogP contribution in [-0.4, -0.2) is 68.4 Å². The number of rotatable bonds is 7. The molecule has 3 aromatic rings. The lowest BCUT2D eigenvalue weighted by atomic mass is 9.70. The van der Waals surface area contributed by atoms with E-state index >= 15 is 0 Å². The van der Waals surface area contributed by atoms with Gasteiger partial charge in [0, 0.05) is 36.6 Å². The van der Waals surface area contributed by atoms with Crippen LogP contribution in [0, 0.1) is 6.92 Å². The van der Waals surface area contributed by atoms with Crippen molar-refractivity contribution in [2.24, 2.45) is 0 Å². The van der Waals surface area contributed by atoms with E-state index in [9.17, 15) is 9.90 Å². The van der Waals surface area contributed by atoms with Crippen LogP contribution in [0.5, 0.6) is 5.75 Å². The SMILES string of the molecule is Cc1nc2ccccc2n1C1CC2CCC(C1)N2CCC1(c2cccc(OC(C)C)c2)CCN(C(=O)O)CC1. The van der Waals surface area contributed by atoms with Crippen molar-refractivity contribution in [2.75, 3.05) is 19.6 Å². The molecule has 7 heteroatoms. The Labute approximate surface area is 231 Å². The molecular weight excluding hydrogens is 488 g/mol. The van der Waals surface area contributed by atoms with Crippen LogP contribution in [0.1, 0.15) is 76.2 Å². The van der Waals surface area contributed by atoms with E-state index < -0.39 is 6.09 Å². The van der Waals surface area contributed by atoms with Gasteiger partial charge in [-0.25, -0.2) is 9.78 Å². The van der Waals surface area contributed by atoms with E-state index in [1.54, 1.807) is 4.90 Å². The zero-order valence-corrected chi connectivity index (χ0v) is 23.6. The van der Waals surface area contributed by atoms with Crippen LogP contribution in [0.3, 0.4) is 0 Å². The fourth-order valence-corrected chi connectivity index (χ4v) is 7.77. The third-order valence-corrected chi connectivity index (χ3v) is 9.65. The Kier molecular flexibility index (Phi) is 7.04. The molecule has 3 fully saturated rings. The highest BCUT2D eigenvalue weighted by molar-refractivity contribution is 5.76. The first-order chi connectivity index (χ1) is 18.8. The summed E-state index contributed by atoms with van der Waals surface area (Å²) in [5.74, 6) is 2.04. The third kappa shape index (κ3) is 5.02. The summed E-state index contributed by atoms with van der Waals surface area (Å²) in [6.07, 6.45) is 6.98. The number of para-hydroxylation sites is 2. The van der Waals surface area contributed by atoms with Crippen molar-refractivity contribution >= 4 is 17.1 Å². The van der Waals surface area contributed by atoms with Crippen LogP contribution in [0.25, 0.3) is 11.0 Å². The summed E-state index contributed by atoms with van der Waals surface area (Å²) in [6.45, 7) is 8.51. The van der Waals surface area contributed by atoms with Gasteiger partial charge in [-0.15, -0.1) is 0 Å². The summed E-state index contributed by atoms with van der Waals surface area (Å²) in [5.41, 5.74) is 3.63. The smallest absolute Gasteiger partial charge is 0.407 e. The van der Waals surface area contributed by atoms with Gasteiger partial charge in [-0.3, -0.25) is 4.90 Å². The van der Waals surface area contributed by atoms with Crippen molar-refractivity contribution < 1.29 is 14.6 Å². The maximum absolute atomic E-state index is 11.7. The quantitative estimate of drug-likeness (QED) is 0.383. The summed E-state index contributed by atoms with van der Waals surface area (Å²) in [5, 5.41) is 9.61. The number of ether oxygens (including phenoxy) is 1. The van der Waals surface area contributed by atoms with Gasteiger partial charge in [0.2, 0.25) is 0 Å². The largest absolute Gasteiger partial charge is 0.491 e. The van der Waals surface area contributed by atoms with Crippen LogP contribution in [0.15, 0.2) is 48.5 Å². The van der Waals surface area contributed by atoms with Crippen molar-refractivity contribution in [3.05, 3.63) is 59.9 Å². The molecule has 3 aliphatic rings. The molecule has 2 bridgehead atoms. The van der Waals surface area contributed by atoms with Gasteiger partial charge in [-0.05, 0) is 102 Å². The second-order valence-corrected chi connectivity index (χ2v) is 12.3. The van der Waals surface area contributed by atoms with Crippen LogP contribution >= 0.6 is 0 Å². The number of hydrogen-bond donors (Lipinski definition) is 1. The Bertz CT molecular complexity index is 1310. The molecule has 3 saturated heterocycles. The number of carboxylic acid groups (broad SMARTS) is 1. The predicted molar refractivity (Wildman–Crippen MR) is 154 cm³/mol. The highest BCUT2D eigenvalue weighted by Gasteiger charge is 2.44. The molecule has 208 valence electrons. The molecule has 7 nitrogen and oxygen atoms in total. The van der Waals surface area contributed by atoms with Gasteiger partial charge in [0.05, 0.1) is 17.1 Å². The molecule has 4 heterocycles. The monoisotopic (exact) mass is 530 g/mol. The average Bonchev–Trinajstić information content (AvgIpc) is 3.38. The molecule has 3 aliphatic heterocycles. The van der Waals surface area contributed by atoms with Crippen molar-refractivity contribution in [1.82, 2.24) is 19.4 Å². The van der Waals surface area contributed by atoms with Crippen LogP contribution in [-0.2, 0) is 5.41 Å². The predicted octanol–water partition coefficient (Wildman–Crippen LogP) is 6.40. The van der Waals surface area contributed by atoms with Crippen molar-refractivity contribution in [2.45, 2.75) is 95.4 Å². The lowest BCUT2D eigenvalue weighted by Crippen LogP contribution is -2.48. The molecule has 0 radical (unpaired) electrons. The number of likely N-dealkylation sites (tertiary alicyclic amines) is 1. The molecule has 0 aliphatic carbocycles. The molecule has 0 saturated carbocycles. The molecule has 1 aromatic heterocycles. The van der Waals surface area contributed by atoms with Gasteiger partial charge in [-0.2, -0.15) is 0 Å². The third-order valence-electron chi connectivity index (χ3n) is 9.65. The van der Waals surface area contributed by atoms with Gasteiger partial charge in [-0.1, -0.05) is 24.3 Å². The first-order valence-electron chi connectivity index (χ1n) is 14.8. The van der Waals surface area contributed by atoms with E-state index in [0.717, 1.165) is 42.9 Å². The second-order valence-electron chi connectivity index (χ2n) is 12.3. The number of fused-ring (bicyclic) bond motifs is 3. The molecule has 1 N–H and O–H groups in total. The van der Waals surface area contributed by atoms with Gasteiger partial charge < -0.3 is 19.3 Å². The van der Waals surface area contributed by atoms with Crippen molar-refractivity contribution in [3.8, 4) is 5.75 Å². The number of imidazole rings is 1. The molecule has 2 unspecified atom stereocenters. The van der Waals surface area contributed by atoms with E-state index in [-0.39, 0.29) is 11.5 Å². The highest BCUT2D eigenvalue weighted by atomic mass is 16.5. The zero-order chi connectivity index (χ0) is 27.1. The minimum absolute atomic E-state index is 0.0320. The number of amides is 1. The fraction of sp³-hybridized carbons (Fsp3) is 0.562. The number of hydrogen-bond acceptors (Lipinski definition) is 4. The normalized spacial score (nSPS) is 24.9. The Morgan fingerprint density at radius 1 is 1.05 bits per heavy atom. The second kappa shape index (κ2) is 10.5. The highest BCUT2D eigenvalue weighted by Crippen LogP contribution is 2.45. The zero-order valence-electron chi connectivity index (χ0n) is 23.6. The number of piperidine rings is 2. The van der Waals surface area contributed by atoms with E-state index in [0.29, 0.717) is 31.2 Å². The maximum Gasteiger partial charge on any atom is 0.407 e. The minimum Gasteiger partial charge on any atom is -0.491 e. The lowest BCUT2D eigenvalue weighted by Gasteiger charge is -2.45. The van der Waals surface area contributed by atoms with Gasteiger partial charge in [0.25, 0.3) is 0 Å². The molecular formula is C32H42N4O3. The molecule has 0 spiro atoms. The standard InChI is InChI=1S/C32H42N4O3/c1-22(2)39-28-8-6-7-24(19-28)32(13-16-34(17-14-32)31(37)38)15-18-35-25-11-12-26(35)21-27(20-25)36-23(3)33-29-9-4-5-10-30(29)36/h4-10,19,22,25-27H,11-18,20-21H2,1-3H3,(H,37,38). The molecule has 2 aromatic carbocycles.